The average molecular weight is 264 g/mol. The van der Waals surface area contributed by atoms with Gasteiger partial charge in [0, 0.05) is 16.8 Å². The average Bonchev–Trinajstić information content (AvgIpc) is 2.48. The van der Waals surface area contributed by atoms with E-state index in [1.54, 1.807) is 13.8 Å². The highest BCUT2D eigenvalue weighted by atomic mass is 32.2. The summed E-state index contributed by atoms with van der Waals surface area (Å²) in [6.07, 6.45) is 0. The van der Waals surface area contributed by atoms with Gasteiger partial charge in [-0.25, -0.2) is 4.79 Å². The van der Waals surface area contributed by atoms with E-state index in [4.69, 9.17) is 5.11 Å². The SMILES string of the molecule is CC(C)NS(=O)(=O)Nc1cscc1C(=O)O. The smallest absolute Gasteiger partial charge is 0.338 e. The van der Waals surface area contributed by atoms with Crippen LogP contribution in [0.2, 0.25) is 0 Å². The normalized spacial score (nSPS) is 11.7. The summed E-state index contributed by atoms with van der Waals surface area (Å²) in [5.74, 6) is -1.16. The van der Waals surface area contributed by atoms with Gasteiger partial charge in [0.05, 0.1) is 11.3 Å². The second-order valence-corrected chi connectivity index (χ2v) is 5.57. The topological polar surface area (TPSA) is 95.5 Å². The zero-order valence-corrected chi connectivity index (χ0v) is 10.4. The standard InChI is InChI=1S/C8H12N2O4S2/c1-5(2)9-16(13,14)10-7-4-15-3-6(7)8(11)12/h3-5,9-10H,1-2H3,(H,11,12). The molecule has 0 unspecified atom stereocenters. The van der Waals surface area contributed by atoms with E-state index in [1.807, 2.05) is 0 Å². The van der Waals surface area contributed by atoms with Crippen LogP contribution in [0.3, 0.4) is 0 Å². The number of carbonyl (C=O) groups is 1. The van der Waals surface area contributed by atoms with Crippen molar-refractivity contribution >= 4 is 33.2 Å². The molecule has 0 aliphatic rings. The maximum absolute atomic E-state index is 11.5. The zero-order chi connectivity index (χ0) is 12.3. The summed E-state index contributed by atoms with van der Waals surface area (Å²) < 4.78 is 27.4. The second kappa shape index (κ2) is 4.81. The van der Waals surface area contributed by atoms with Gasteiger partial charge >= 0.3 is 5.97 Å². The van der Waals surface area contributed by atoms with Gasteiger partial charge in [-0.3, -0.25) is 4.72 Å². The number of aromatic carboxylic acids is 1. The summed E-state index contributed by atoms with van der Waals surface area (Å²) in [5, 5.41) is 11.6. The van der Waals surface area contributed by atoms with E-state index in [2.05, 4.69) is 9.44 Å². The molecule has 0 saturated carbocycles. The van der Waals surface area contributed by atoms with E-state index in [-0.39, 0.29) is 17.3 Å². The number of carboxylic acid groups (broad SMARTS) is 1. The lowest BCUT2D eigenvalue weighted by atomic mass is 10.3. The Morgan fingerprint density at radius 3 is 2.56 bits per heavy atom. The van der Waals surface area contributed by atoms with E-state index < -0.39 is 16.2 Å². The summed E-state index contributed by atoms with van der Waals surface area (Å²) in [7, 11) is -3.72. The number of carboxylic acids is 1. The Balaban J connectivity index is 2.88. The molecule has 1 heterocycles. The first-order valence-electron chi connectivity index (χ1n) is 4.41. The van der Waals surface area contributed by atoms with E-state index in [0.29, 0.717) is 0 Å². The molecule has 0 bridgehead atoms. The summed E-state index contributed by atoms with van der Waals surface area (Å²) in [6.45, 7) is 3.34. The monoisotopic (exact) mass is 264 g/mol. The fourth-order valence-electron chi connectivity index (χ4n) is 1.03. The van der Waals surface area contributed by atoms with Crippen molar-refractivity contribution in [2.75, 3.05) is 4.72 Å². The van der Waals surface area contributed by atoms with E-state index in [0.717, 1.165) is 11.3 Å². The molecule has 0 aliphatic carbocycles. The van der Waals surface area contributed by atoms with Gasteiger partial charge in [-0.2, -0.15) is 13.1 Å². The Morgan fingerprint density at radius 2 is 2.06 bits per heavy atom. The highest BCUT2D eigenvalue weighted by Gasteiger charge is 2.17. The lowest BCUT2D eigenvalue weighted by molar-refractivity contribution is 0.0698. The largest absolute Gasteiger partial charge is 0.478 e. The van der Waals surface area contributed by atoms with Crippen molar-refractivity contribution < 1.29 is 18.3 Å². The molecule has 0 saturated heterocycles. The molecule has 1 rings (SSSR count). The first-order valence-corrected chi connectivity index (χ1v) is 6.84. The second-order valence-electron chi connectivity index (χ2n) is 3.38. The lowest BCUT2D eigenvalue weighted by Crippen LogP contribution is -2.35. The number of thiophene rings is 1. The summed E-state index contributed by atoms with van der Waals surface area (Å²) in [5.41, 5.74) is 0.0183. The van der Waals surface area contributed by atoms with Crippen LogP contribution in [0.25, 0.3) is 0 Å². The molecule has 16 heavy (non-hydrogen) atoms. The number of rotatable bonds is 5. The molecule has 0 fully saturated rings. The molecule has 0 spiro atoms. The van der Waals surface area contributed by atoms with Crippen LogP contribution in [0.5, 0.6) is 0 Å². The first kappa shape index (κ1) is 12.9. The maximum Gasteiger partial charge on any atom is 0.338 e. The molecular weight excluding hydrogens is 252 g/mol. The molecule has 0 atom stereocenters. The van der Waals surface area contributed by atoms with Crippen molar-refractivity contribution in [3.8, 4) is 0 Å². The van der Waals surface area contributed by atoms with E-state index in [9.17, 15) is 13.2 Å². The van der Waals surface area contributed by atoms with Gasteiger partial charge < -0.3 is 5.11 Å². The van der Waals surface area contributed by atoms with Gasteiger partial charge in [-0.1, -0.05) is 0 Å². The number of anilines is 1. The van der Waals surface area contributed by atoms with Crippen LogP contribution >= 0.6 is 11.3 Å². The highest BCUT2D eigenvalue weighted by Crippen LogP contribution is 2.21. The third-order valence-corrected chi connectivity index (χ3v) is 3.54. The van der Waals surface area contributed by atoms with Crippen molar-refractivity contribution in [1.29, 1.82) is 0 Å². The fourth-order valence-corrected chi connectivity index (χ4v) is 2.99. The van der Waals surface area contributed by atoms with Crippen molar-refractivity contribution in [2.24, 2.45) is 0 Å². The van der Waals surface area contributed by atoms with Crippen LogP contribution in [0.15, 0.2) is 10.8 Å². The lowest BCUT2D eigenvalue weighted by Gasteiger charge is -2.10. The third kappa shape index (κ3) is 3.47. The minimum Gasteiger partial charge on any atom is -0.478 e. The maximum atomic E-state index is 11.5. The number of hydrogen-bond donors (Lipinski definition) is 3. The Morgan fingerprint density at radius 1 is 1.44 bits per heavy atom. The Bertz CT molecular complexity index is 478. The summed E-state index contributed by atoms with van der Waals surface area (Å²) in [6, 6.07) is -0.260. The number of hydrogen-bond acceptors (Lipinski definition) is 4. The van der Waals surface area contributed by atoms with Crippen molar-refractivity contribution in [3.63, 3.8) is 0 Å². The van der Waals surface area contributed by atoms with Crippen molar-refractivity contribution in [1.82, 2.24) is 4.72 Å². The molecule has 0 radical (unpaired) electrons. The van der Waals surface area contributed by atoms with E-state index in [1.165, 1.54) is 10.8 Å². The Kier molecular flexibility index (Phi) is 3.89. The molecular formula is C8H12N2O4S2. The highest BCUT2D eigenvalue weighted by molar-refractivity contribution is 7.90. The summed E-state index contributed by atoms with van der Waals surface area (Å²) >= 11 is 1.12. The van der Waals surface area contributed by atoms with Gasteiger partial charge in [-0.15, -0.1) is 11.3 Å². The van der Waals surface area contributed by atoms with Crippen LogP contribution in [-0.4, -0.2) is 25.5 Å². The minimum atomic E-state index is -3.72. The van der Waals surface area contributed by atoms with Gasteiger partial charge in [0.25, 0.3) is 10.2 Å². The van der Waals surface area contributed by atoms with Gasteiger partial charge in [0.1, 0.15) is 0 Å². The van der Waals surface area contributed by atoms with Gasteiger partial charge in [0.2, 0.25) is 0 Å². The Hall–Kier alpha value is -1.12. The van der Waals surface area contributed by atoms with Crippen LogP contribution in [0, 0.1) is 0 Å². The molecule has 0 aliphatic heterocycles. The molecule has 0 amide bonds. The minimum absolute atomic E-state index is 0.0564. The number of nitrogens with one attached hydrogen (secondary N) is 2. The first-order chi connectivity index (χ1) is 7.32. The molecule has 6 nitrogen and oxygen atoms in total. The summed E-state index contributed by atoms with van der Waals surface area (Å²) in [4.78, 5) is 10.7. The molecule has 0 aromatic carbocycles. The van der Waals surface area contributed by atoms with Gasteiger partial charge in [-0.05, 0) is 13.8 Å². The molecule has 1 aromatic heterocycles. The Labute approximate surface area is 97.5 Å². The van der Waals surface area contributed by atoms with Crippen LogP contribution in [0.1, 0.15) is 24.2 Å². The quantitative estimate of drug-likeness (QED) is 0.742. The fraction of sp³-hybridized carbons (Fsp3) is 0.375. The third-order valence-electron chi connectivity index (χ3n) is 1.53. The van der Waals surface area contributed by atoms with Crippen LogP contribution < -0.4 is 9.44 Å². The van der Waals surface area contributed by atoms with Crippen LogP contribution in [0.4, 0.5) is 5.69 Å². The van der Waals surface area contributed by atoms with E-state index >= 15 is 0 Å². The zero-order valence-electron chi connectivity index (χ0n) is 8.72. The predicted molar refractivity (Wildman–Crippen MR) is 62.1 cm³/mol. The molecule has 3 N–H and O–H groups in total. The predicted octanol–water partition coefficient (Wildman–Crippen LogP) is 1.10. The van der Waals surface area contributed by atoms with Crippen LogP contribution in [-0.2, 0) is 10.2 Å². The van der Waals surface area contributed by atoms with Crippen molar-refractivity contribution in [3.05, 3.63) is 16.3 Å². The van der Waals surface area contributed by atoms with Crippen molar-refractivity contribution in [2.45, 2.75) is 19.9 Å². The molecule has 8 heteroatoms. The molecule has 90 valence electrons. The molecule has 1 aromatic rings. The van der Waals surface area contributed by atoms with Gasteiger partial charge in [0.15, 0.2) is 0 Å².